The van der Waals surface area contributed by atoms with Gasteiger partial charge < -0.3 is 19.0 Å². The first-order chi connectivity index (χ1) is 9.99. The van der Waals surface area contributed by atoms with Crippen LogP contribution in [0.5, 0.6) is 0 Å². The molecule has 0 aromatic heterocycles. The smallest absolute Gasteiger partial charge is 0.328 e. The molecule has 22 heavy (non-hydrogen) atoms. The molecule has 6 heteroatoms. The number of hydrogen-bond donors (Lipinski definition) is 1. The quantitative estimate of drug-likeness (QED) is 0.374. The van der Waals surface area contributed by atoms with Crippen molar-refractivity contribution in [3.8, 4) is 0 Å². The maximum absolute atomic E-state index is 10.6. The topological polar surface area (TPSA) is 65.0 Å². The third kappa shape index (κ3) is 8.68. The number of carboxylic acids is 1. The van der Waals surface area contributed by atoms with Crippen LogP contribution in [0.4, 0.5) is 0 Å². The number of aliphatic carboxylic acids is 1. The lowest BCUT2D eigenvalue weighted by Gasteiger charge is -2.38. The predicted molar refractivity (Wildman–Crippen MR) is 90.5 cm³/mol. The van der Waals surface area contributed by atoms with Crippen molar-refractivity contribution in [2.75, 3.05) is 13.9 Å². The summed E-state index contributed by atoms with van der Waals surface area (Å²) in [7, 11) is -0.237. The average Bonchev–Trinajstić information content (AvgIpc) is 2.35. The van der Waals surface area contributed by atoms with Crippen LogP contribution in [-0.2, 0) is 18.7 Å². The molecule has 0 heterocycles. The normalized spacial score (nSPS) is 16.0. The molecule has 1 N–H and O–H groups in total. The van der Waals surface area contributed by atoms with Crippen molar-refractivity contribution in [2.45, 2.75) is 70.9 Å². The van der Waals surface area contributed by atoms with Crippen molar-refractivity contribution in [3.63, 3.8) is 0 Å². The molecule has 130 valence electrons. The predicted octanol–water partition coefficient (Wildman–Crippen LogP) is 3.81. The van der Waals surface area contributed by atoms with E-state index in [-0.39, 0.29) is 24.0 Å². The molecule has 0 bridgehead atoms. The molecule has 0 radical (unpaired) electrons. The van der Waals surface area contributed by atoms with E-state index in [4.69, 9.17) is 19.0 Å². The lowest BCUT2D eigenvalue weighted by atomic mass is 10.1. The summed E-state index contributed by atoms with van der Waals surface area (Å²) in [6, 6.07) is 0. The Morgan fingerprint density at radius 3 is 2.32 bits per heavy atom. The van der Waals surface area contributed by atoms with Gasteiger partial charge in [0.05, 0.1) is 6.10 Å². The number of carboxylic acid groups (broad SMARTS) is 1. The molecular weight excluding hydrogens is 300 g/mol. The van der Waals surface area contributed by atoms with E-state index >= 15 is 0 Å². The highest BCUT2D eigenvalue weighted by atomic mass is 28.4. The van der Waals surface area contributed by atoms with Gasteiger partial charge >= 0.3 is 5.97 Å². The standard InChI is InChI=1S/C16H32O5Si/c1-13(21-22(6,7)16(2,3)4)8-9-14(20-12-19-5)10-11-15(17)18/h10-11,13-14H,8-9,12H2,1-7H3,(H,17,18)/b11-10+/t13-,14-/m0/s1. The van der Waals surface area contributed by atoms with Gasteiger partial charge in [0.15, 0.2) is 8.32 Å². The fraction of sp³-hybridized carbons (Fsp3) is 0.812. The van der Waals surface area contributed by atoms with Gasteiger partial charge in [-0.1, -0.05) is 20.8 Å². The fourth-order valence-electron chi connectivity index (χ4n) is 1.72. The van der Waals surface area contributed by atoms with Crippen LogP contribution in [0.1, 0.15) is 40.5 Å². The van der Waals surface area contributed by atoms with Crippen LogP contribution in [0, 0.1) is 0 Å². The summed E-state index contributed by atoms with van der Waals surface area (Å²) >= 11 is 0. The van der Waals surface area contributed by atoms with Crippen molar-refractivity contribution < 1.29 is 23.8 Å². The van der Waals surface area contributed by atoms with Crippen LogP contribution < -0.4 is 0 Å². The zero-order valence-corrected chi connectivity index (χ0v) is 16.0. The summed E-state index contributed by atoms with van der Waals surface area (Å²) in [5.74, 6) is -0.975. The third-order valence-corrected chi connectivity index (χ3v) is 8.62. The third-order valence-electron chi connectivity index (χ3n) is 4.01. The zero-order chi connectivity index (χ0) is 17.4. The lowest BCUT2D eigenvalue weighted by molar-refractivity contribution is -0.131. The number of methoxy groups -OCH3 is 1. The van der Waals surface area contributed by atoms with Gasteiger partial charge in [-0.05, 0) is 44.0 Å². The second-order valence-corrected chi connectivity index (χ2v) is 11.8. The molecule has 0 aliphatic carbocycles. The largest absolute Gasteiger partial charge is 0.478 e. The van der Waals surface area contributed by atoms with Crippen molar-refractivity contribution in [2.24, 2.45) is 0 Å². The van der Waals surface area contributed by atoms with Crippen molar-refractivity contribution in [1.82, 2.24) is 0 Å². The molecule has 0 amide bonds. The molecule has 0 aromatic rings. The molecule has 0 aliphatic rings. The summed E-state index contributed by atoms with van der Waals surface area (Å²) in [6.45, 7) is 13.3. The maximum Gasteiger partial charge on any atom is 0.328 e. The zero-order valence-electron chi connectivity index (χ0n) is 15.0. The number of hydrogen-bond acceptors (Lipinski definition) is 4. The second kappa shape index (κ2) is 9.45. The molecule has 0 rings (SSSR count). The van der Waals surface area contributed by atoms with Crippen molar-refractivity contribution in [3.05, 3.63) is 12.2 Å². The van der Waals surface area contributed by atoms with Crippen LogP contribution in [0.15, 0.2) is 12.2 Å². The molecule has 5 nitrogen and oxygen atoms in total. The van der Waals surface area contributed by atoms with Crippen LogP contribution in [-0.4, -0.2) is 45.5 Å². The lowest BCUT2D eigenvalue weighted by Crippen LogP contribution is -2.43. The maximum atomic E-state index is 10.6. The van der Waals surface area contributed by atoms with E-state index in [2.05, 4.69) is 40.8 Å². The van der Waals surface area contributed by atoms with Crippen molar-refractivity contribution >= 4 is 14.3 Å². The number of ether oxygens (including phenoxy) is 2. The average molecular weight is 333 g/mol. The molecule has 0 aromatic carbocycles. The molecule has 0 spiro atoms. The summed E-state index contributed by atoms with van der Waals surface area (Å²) in [5.41, 5.74) is 0. The highest BCUT2D eigenvalue weighted by molar-refractivity contribution is 6.74. The van der Waals surface area contributed by atoms with Gasteiger partial charge in [-0.2, -0.15) is 0 Å². The Labute approximate surface area is 135 Å². The van der Waals surface area contributed by atoms with E-state index in [9.17, 15) is 4.79 Å². The molecular formula is C16H32O5Si. The first kappa shape index (κ1) is 21.3. The molecule has 2 atom stereocenters. The number of rotatable bonds is 10. The van der Waals surface area contributed by atoms with Crippen molar-refractivity contribution in [1.29, 1.82) is 0 Å². The van der Waals surface area contributed by atoms with Crippen LogP contribution >= 0.6 is 0 Å². The molecule has 0 saturated carbocycles. The number of carbonyl (C=O) groups is 1. The highest BCUT2D eigenvalue weighted by Gasteiger charge is 2.38. The SMILES string of the molecule is COCO[C@H](/C=C/C(=O)O)CC[C@H](C)O[Si](C)(C)C(C)(C)C. The first-order valence-corrected chi connectivity index (χ1v) is 10.6. The first-order valence-electron chi connectivity index (χ1n) is 7.69. The van der Waals surface area contributed by atoms with Gasteiger partial charge in [0.25, 0.3) is 0 Å². The summed E-state index contributed by atoms with van der Waals surface area (Å²) in [4.78, 5) is 10.6. The van der Waals surface area contributed by atoms with Gasteiger partial charge in [-0.3, -0.25) is 0 Å². The Kier molecular flexibility index (Phi) is 9.15. The molecule has 0 unspecified atom stereocenters. The van der Waals surface area contributed by atoms with Crippen LogP contribution in [0.25, 0.3) is 0 Å². The van der Waals surface area contributed by atoms with E-state index in [1.807, 2.05) is 0 Å². The van der Waals surface area contributed by atoms with Gasteiger partial charge in [0.2, 0.25) is 0 Å². The summed E-state index contributed by atoms with van der Waals surface area (Å²) < 4.78 is 16.7. The van der Waals surface area contributed by atoms with E-state index < -0.39 is 14.3 Å². The Balaban J connectivity index is 4.48. The van der Waals surface area contributed by atoms with E-state index in [0.717, 1.165) is 12.5 Å². The molecule has 0 aliphatic heterocycles. The fourth-order valence-corrected chi connectivity index (χ4v) is 3.20. The molecule has 0 saturated heterocycles. The van der Waals surface area contributed by atoms with E-state index in [1.54, 1.807) is 13.2 Å². The van der Waals surface area contributed by atoms with Gasteiger partial charge in [-0.25, -0.2) is 4.79 Å². The van der Waals surface area contributed by atoms with Gasteiger partial charge in [0, 0.05) is 19.3 Å². The van der Waals surface area contributed by atoms with E-state index in [0.29, 0.717) is 6.42 Å². The Bertz CT molecular complexity index is 360. The van der Waals surface area contributed by atoms with Gasteiger partial charge in [0.1, 0.15) is 6.79 Å². The monoisotopic (exact) mass is 332 g/mol. The van der Waals surface area contributed by atoms with Crippen LogP contribution in [0.2, 0.25) is 18.1 Å². The second-order valence-electron chi connectivity index (χ2n) is 7.08. The highest BCUT2D eigenvalue weighted by Crippen LogP contribution is 2.37. The Morgan fingerprint density at radius 1 is 1.27 bits per heavy atom. The van der Waals surface area contributed by atoms with Crippen LogP contribution in [0.3, 0.4) is 0 Å². The summed E-state index contributed by atoms with van der Waals surface area (Å²) in [5, 5.41) is 8.89. The minimum atomic E-state index is -1.78. The minimum Gasteiger partial charge on any atom is -0.478 e. The van der Waals surface area contributed by atoms with E-state index in [1.165, 1.54) is 0 Å². The molecule has 0 fully saturated rings. The van der Waals surface area contributed by atoms with Gasteiger partial charge in [-0.15, -0.1) is 0 Å². The Morgan fingerprint density at radius 2 is 1.86 bits per heavy atom. The minimum absolute atomic E-state index is 0.118. The Hall–Kier alpha value is -0.693. The summed E-state index contributed by atoms with van der Waals surface area (Å²) in [6.07, 6.45) is 4.02.